The van der Waals surface area contributed by atoms with Crippen molar-refractivity contribution in [3.05, 3.63) is 84.0 Å². The number of allylic oxidation sites excluding steroid dienone is 2. The molecule has 1 heterocycles. The molecule has 2 aliphatic rings. The first-order valence-electron chi connectivity index (χ1n) is 13.2. The Bertz CT molecular complexity index is 1200. The third-order valence-electron chi connectivity index (χ3n) is 7.36. The van der Waals surface area contributed by atoms with Crippen LogP contribution in [0.25, 0.3) is 5.57 Å². The molecule has 1 fully saturated rings. The predicted octanol–water partition coefficient (Wildman–Crippen LogP) is 5.69. The summed E-state index contributed by atoms with van der Waals surface area (Å²) in [5.41, 5.74) is 4.15. The van der Waals surface area contributed by atoms with Crippen LogP contribution in [0, 0.1) is 18.8 Å². The molecule has 4 rings (SSSR count). The minimum Gasteiger partial charge on any atom is -0.373 e. The van der Waals surface area contributed by atoms with E-state index in [-0.39, 0.29) is 17.4 Å². The van der Waals surface area contributed by atoms with E-state index in [1.807, 2.05) is 58.0 Å². The summed E-state index contributed by atoms with van der Waals surface area (Å²) in [7, 11) is -6.89. The summed E-state index contributed by atoms with van der Waals surface area (Å²) < 4.78 is 48.2. The molecule has 1 aliphatic carbocycles. The highest BCUT2D eigenvalue weighted by Gasteiger charge is 2.57. The highest BCUT2D eigenvalue weighted by atomic mass is 32.2. The predicted molar refractivity (Wildman–Crippen MR) is 149 cm³/mol. The average molecular weight is 542 g/mol. The maximum Gasteiger partial charge on any atom is 0.508 e. The number of rotatable bonds is 10. The molecule has 1 saturated heterocycles. The van der Waals surface area contributed by atoms with E-state index in [1.165, 1.54) is 0 Å². The monoisotopic (exact) mass is 541 g/mol. The maximum absolute atomic E-state index is 13.7. The Kier molecular flexibility index (Phi) is 8.88. The SMILES string of the molecule is C=C1CC(c2ccccc2)=C[C@H]([Si](OCC)(OCC)OCC)[C@H]2CN(S(=O)(=O)c3ccc(C)cc3)C[C@@H]12. The van der Waals surface area contributed by atoms with Gasteiger partial charge in [0.2, 0.25) is 10.0 Å². The molecule has 0 spiro atoms. The molecule has 0 radical (unpaired) electrons. The lowest BCUT2D eigenvalue weighted by Gasteiger charge is -2.38. The standard InChI is InChI=1S/C29H39NO5SSi/c1-6-33-37(34-7-2,35-8-3)29-19-25(24-12-10-9-11-13-24)18-23(5)27-20-30(21-28(27)29)36(31,32)26-16-14-22(4)15-17-26/h9-17,19,27-29H,5-8,18,20-21H2,1-4H3/t27-,28-,29-/m0/s1. The summed E-state index contributed by atoms with van der Waals surface area (Å²) in [6, 6.07) is 17.4. The van der Waals surface area contributed by atoms with Crippen molar-refractivity contribution in [2.75, 3.05) is 32.9 Å². The molecule has 3 atom stereocenters. The Labute approximate surface area is 223 Å². The lowest BCUT2D eigenvalue weighted by Crippen LogP contribution is -2.53. The van der Waals surface area contributed by atoms with Crippen LogP contribution in [0.1, 0.15) is 38.3 Å². The fourth-order valence-electron chi connectivity index (χ4n) is 5.65. The second-order valence-electron chi connectivity index (χ2n) is 9.73. The molecule has 0 aromatic heterocycles. The van der Waals surface area contributed by atoms with Crippen molar-refractivity contribution in [3.63, 3.8) is 0 Å². The molecule has 0 bridgehead atoms. The van der Waals surface area contributed by atoms with Gasteiger partial charge >= 0.3 is 8.80 Å². The highest BCUT2D eigenvalue weighted by Crippen LogP contribution is 2.50. The second kappa shape index (κ2) is 11.8. The summed E-state index contributed by atoms with van der Waals surface area (Å²) in [5, 5.41) is 0. The van der Waals surface area contributed by atoms with E-state index >= 15 is 0 Å². The molecule has 6 nitrogen and oxygen atoms in total. The van der Waals surface area contributed by atoms with Gasteiger partial charge in [0.1, 0.15) is 0 Å². The van der Waals surface area contributed by atoms with Gasteiger partial charge < -0.3 is 13.3 Å². The minimum atomic E-state index is -3.66. The number of fused-ring (bicyclic) bond motifs is 1. The van der Waals surface area contributed by atoms with Gasteiger partial charge in [-0.3, -0.25) is 0 Å². The third-order valence-corrected chi connectivity index (χ3v) is 12.7. The first-order chi connectivity index (χ1) is 17.8. The lowest BCUT2D eigenvalue weighted by molar-refractivity contribution is 0.0584. The maximum atomic E-state index is 13.7. The van der Waals surface area contributed by atoms with Gasteiger partial charge in [-0.2, -0.15) is 4.31 Å². The van der Waals surface area contributed by atoms with Crippen LogP contribution < -0.4 is 0 Å². The van der Waals surface area contributed by atoms with Crippen LogP contribution in [0.5, 0.6) is 0 Å². The zero-order valence-electron chi connectivity index (χ0n) is 22.4. The number of hydrogen-bond acceptors (Lipinski definition) is 5. The van der Waals surface area contributed by atoms with E-state index in [0.717, 1.165) is 22.3 Å². The summed E-state index contributed by atoms with van der Waals surface area (Å²) in [4.78, 5) is 0.320. The average Bonchev–Trinajstić information content (AvgIpc) is 3.28. The largest absolute Gasteiger partial charge is 0.508 e. The normalized spacial score (nSPS) is 23.0. The van der Waals surface area contributed by atoms with Gasteiger partial charge in [0.05, 0.1) is 10.4 Å². The highest BCUT2D eigenvalue weighted by molar-refractivity contribution is 7.89. The van der Waals surface area contributed by atoms with E-state index in [2.05, 4.69) is 24.8 Å². The number of benzene rings is 2. The van der Waals surface area contributed by atoms with Crippen LogP contribution in [0.2, 0.25) is 5.54 Å². The van der Waals surface area contributed by atoms with Crippen LogP contribution in [-0.2, 0) is 23.3 Å². The van der Waals surface area contributed by atoms with Gasteiger partial charge in [-0.1, -0.05) is 66.3 Å². The molecule has 0 unspecified atom stereocenters. The van der Waals surface area contributed by atoms with Crippen molar-refractivity contribution in [2.24, 2.45) is 11.8 Å². The van der Waals surface area contributed by atoms with Gasteiger partial charge in [-0.25, -0.2) is 8.42 Å². The molecule has 2 aromatic rings. The van der Waals surface area contributed by atoms with Crippen molar-refractivity contribution in [2.45, 2.75) is 44.6 Å². The Hall–Kier alpha value is -2.07. The molecule has 200 valence electrons. The van der Waals surface area contributed by atoms with E-state index in [9.17, 15) is 8.42 Å². The molecule has 2 aromatic carbocycles. The smallest absolute Gasteiger partial charge is 0.373 e. The van der Waals surface area contributed by atoms with Crippen molar-refractivity contribution in [1.29, 1.82) is 0 Å². The molecule has 0 amide bonds. The topological polar surface area (TPSA) is 65.1 Å². The third kappa shape index (κ3) is 5.69. The summed E-state index contributed by atoms with van der Waals surface area (Å²) in [6.45, 7) is 14.4. The van der Waals surface area contributed by atoms with Gasteiger partial charge in [0, 0.05) is 32.9 Å². The van der Waals surface area contributed by atoms with E-state index < -0.39 is 18.8 Å². The van der Waals surface area contributed by atoms with Gasteiger partial charge in [-0.05, 0) is 69.2 Å². The van der Waals surface area contributed by atoms with E-state index in [1.54, 1.807) is 16.4 Å². The van der Waals surface area contributed by atoms with Crippen molar-refractivity contribution in [1.82, 2.24) is 4.31 Å². The Morgan fingerprint density at radius 1 is 0.919 bits per heavy atom. The zero-order chi connectivity index (χ0) is 26.6. The molecule has 0 saturated carbocycles. The number of aryl methyl sites for hydroxylation is 1. The van der Waals surface area contributed by atoms with Gasteiger partial charge in [0.15, 0.2) is 0 Å². The summed E-state index contributed by atoms with van der Waals surface area (Å²) in [5.74, 6) is -0.0961. The van der Waals surface area contributed by atoms with Crippen molar-refractivity contribution >= 4 is 24.4 Å². The number of hydrogen-bond donors (Lipinski definition) is 0. The first kappa shape index (κ1) is 27.9. The fraction of sp³-hybridized carbons (Fsp3) is 0.448. The van der Waals surface area contributed by atoms with E-state index in [0.29, 0.717) is 44.2 Å². The molecule has 1 aliphatic heterocycles. The summed E-state index contributed by atoms with van der Waals surface area (Å²) >= 11 is 0. The molecular weight excluding hydrogens is 502 g/mol. The number of sulfonamides is 1. The van der Waals surface area contributed by atoms with Crippen LogP contribution in [0.4, 0.5) is 0 Å². The Morgan fingerprint density at radius 2 is 1.51 bits per heavy atom. The second-order valence-corrected chi connectivity index (χ2v) is 14.4. The minimum absolute atomic E-state index is 0.0315. The van der Waals surface area contributed by atoms with Gasteiger partial charge in [-0.15, -0.1) is 0 Å². The Balaban J connectivity index is 1.81. The number of nitrogens with zero attached hydrogens (tertiary/aromatic N) is 1. The van der Waals surface area contributed by atoms with Gasteiger partial charge in [0.25, 0.3) is 0 Å². The Morgan fingerprint density at radius 3 is 2.08 bits per heavy atom. The quantitative estimate of drug-likeness (QED) is 0.285. The lowest BCUT2D eigenvalue weighted by atomic mass is 9.87. The fourth-order valence-corrected chi connectivity index (χ4v) is 10.5. The van der Waals surface area contributed by atoms with Crippen LogP contribution in [0.3, 0.4) is 0 Å². The first-order valence-corrected chi connectivity index (χ1v) is 16.4. The molecule has 0 N–H and O–H groups in total. The molecule has 37 heavy (non-hydrogen) atoms. The summed E-state index contributed by atoms with van der Waals surface area (Å²) in [6.07, 6.45) is 2.93. The van der Waals surface area contributed by atoms with Crippen molar-refractivity contribution < 1.29 is 21.7 Å². The zero-order valence-corrected chi connectivity index (χ0v) is 24.2. The van der Waals surface area contributed by atoms with Crippen LogP contribution >= 0.6 is 0 Å². The molecular formula is C29H39NO5SSi. The van der Waals surface area contributed by atoms with Crippen molar-refractivity contribution in [3.8, 4) is 0 Å². The molecule has 8 heteroatoms. The van der Waals surface area contributed by atoms with Crippen LogP contribution in [-0.4, -0.2) is 54.4 Å². The van der Waals surface area contributed by atoms with E-state index in [4.69, 9.17) is 13.3 Å². The van der Waals surface area contributed by atoms with Crippen LogP contribution in [0.15, 0.2) is 77.7 Å².